The summed E-state index contributed by atoms with van der Waals surface area (Å²) in [5.41, 5.74) is 2.56. The molecule has 1 fully saturated rings. The number of benzene rings is 1. The van der Waals surface area contributed by atoms with E-state index in [2.05, 4.69) is 23.2 Å². The highest BCUT2D eigenvalue weighted by Gasteiger charge is 2.19. The second-order valence-corrected chi connectivity index (χ2v) is 5.88. The van der Waals surface area contributed by atoms with Gasteiger partial charge in [0.2, 0.25) is 0 Å². The Labute approximate surface area is 122 Å². The Morgan fingerprint density at radius 3 is 2.89 bits per heavy atom. The number of para-hydroxylation sites is 1. The molecule has 0 bridgehead atoms. The van der Waals surface area contributed by atoms with Crippen LogP contribution in [-0.2, 0) is 6.54 Å². The molecule has 1 atom stereocenters. The van der Waals surface area contributed by atoms with Gasteiger partial charge in [0.15, 0.2) is 0 Å². The fourth-order valence-corrected chi connectivity index (χ4v) is 3.36. The number of rotatable bonds is 4. The normalized spacial score (nSPS) is 20.4. The summed E-state index contributed by atoms with van der Waals surface area (Å²) in [6, 6.07) is 6.24. The molecule has 1 saturated heterocycles. The number of nitrogens with one attached hydrogen (secondary N) is 1. The van der Waals surface area contributed by atoms with Gasteiger partial charge in [0.25, 0.3) is 0 Å². The zero-order chi connectivity index (χ0) is 13.7. The second-order valence-electron chi connectivity index (χ2n) is 5.47. The van der Waals surface area contributed by atoms with E-state index in [0.717, 1.165) is 30.6 Å². The SMILES string of the molecule is CCC1CCCN(c2c(Cl)cccc2CNC)CC1. The van der Waals surface area contributed by atoms with Crippen molar-refractivity contribution in [1.29, 1.82) is 0 Å². The van der Waals surface area contributed by atoms with E-state index in [4.69, 9.17) is 11.6 Å². The van der Waals surface area contributed by atoms with E-state index >= 15 is 0 Å². The fraction of sp³-hybridized carbons (Fsp3) is 0.625. The molecule has 0 aromatic heterocycles. The number of anilines is 1. The van der Waals surface area contributed by atoms with E-state index in [9.17, 15) is 0 Å². The molecule has 1 aliphatic heterocycles. The van der Waals surface area contributed by atoms with E-state index in [1.807, 2.05) is 19.2 Å². The van der Waals surface area contributed by atoms with Crippen molar-refractivity contribution in [3.63, 3.8) is 0 Å². The van der Waals surface area contributed by atoms with Crippen LogP contribution < -0.4 is 10.2 Å². The summed E-state index contributed by atoms with van der Waals surface area (Å²) in [7, 11) is 1.99. The standard InChI is InChI=1S/C16H25ClN2/c1-3-13-6-5-10-19(11-9-13)16-14(12-18-2)7-4-8-15(16)17/h4,7-8,13,18H,3,5-6,9-12H2,1-2H3. The van der Waals surface area contributed by atoms with E-state index in [1.165, 1.54) is 36.9 Å². The summed E-state index contributed by atoms with van der Waals surface area (Å²) in [4.78, 5) is 2.49. The summed E-state index contributed by atoms with van der Waals surface area (Å²) in [5, 5.41) is 4.13. The summed E-state index contributed by atoms with van der Waals surface area (Å²) in [6.07, 6.45) is 5.24. The predicted octanol–water partition coefficient (Wildman–Crippen LogP) is 4.08. The van der Waals surface area contributed by atoms with Crippen molar-refractivity contribution in [1.82, 2.24) is 5.32 Å². The van der Waals surface area contributed by atoms with Gasteiger partial charge in [-0.3, -0.25) is 0 Å². The van der Waals surface area contributed by atoms with Crippen LogP contribution in [0.3, 0.4) is 0 Å². The maximum atomic E-state index is 6.45. The monoisotopic (exact) mass is 280 g/mol. The number of halogens is 1. The Balaban J connectivity index is 2.20. The van der Waals surface area contributed by atoms with Gasteiger partial charge in [-0.2, -0.15) is 0 Å². The number of hydrogen-bond acceptors (Lipinski definition) is 2. The van der Waals surface area contributed by atoms with E-state index < -0.39 is 0 Å². The molecule has 0 spiro atoms. The molecule has 1 heterocycles. The van der Waals surface area contributed by atoms with Crippen molar-refractivity contribution < 1.29 is 0 Å². The van der Waals surface area contributed by atoms with Crippen LogP contribution in [-0.4, -0.2) is 20.1 Å². The van der Waals surface area contributed by atoms with Gasteiger partial charge in [-0.25, -0.2) is 0 Å². The minimum Gasteiger partial charge on any atom is -0.370 e. The Morgan fingerprint density at radius 1 is 1.32 bits per heavy atom. The van der Waals surface area contributed by atoms with Gasteiger partial charge < -0.3 is 10.2 Å². The van der Waals surface area contributed by atoms with E-state index in [1.54, 1.807) is 0 Å². The first-order valence-corrected chi connectivity index (χ1v) is 7.81. The number of hydrogen-bond donors (Lipinski definition) is 1. The summed E-state index contributed by atoms with van der Waals surface area (Å²) in [5.74, 6) is 0.889. The van der Waals surface area contributed by atoms with Gasteiger partial charge in [-0.05, 0) is 43.9 Å². The molecular weight excluding hydrogens is 256 g/mol. The molecule has 19 heavy (non-hydrogen) atoms. The van der Waals surface area contributed by atoms with Crippen LogP contribution in [0.15, 0.2) is 18.2 Å². The summed E-state index contributed by atoms with van der Waals surface area (Å²) >= 11 is 6.45. The van der Waals surface area contributed by atoms with Crippen molar-refractivity contribution in [2.45, 2.75) is 39.2 Å². The lowest BCUT2D eigenvalue weighted by atomic mass is 9.98. The molecule has 2 rings (SSSR count). The molecule has 2 nitrogen and oxygen atoms in total. The van der Waals surface area contributed by atoms with Gasteiger partial charge in [0.05, 0.1) is 10.7 Å². The highest BCUT2D eigenvalue weighted by Crippen LogP contribution is 2.33. The Bertz CT molecular complexity index is 406. The molecule has 3 heteroatoms. The Morgan fingerprint density at radius 2 is 2.16 bits per heavy atom. The predicted molar refractivity (Wildman–Crippen MR) is 84.1 cm³/mol. The molecule has 0 radical (unpaired) electrons. The zero-order valence-electron chi connectivity index (χ0n) is 12.1. The molecule has 1 aromatic rings. The van der Waals surface area contributed by atoms with Crippen LogP contribution in [0.5, 0.6) is 0 Å². The molecule has 1 unspecified atom stereocenters. The molecule has 1 aliphatic rings. The molecule has 1 aromatic carbocycles. The lowest BCUT2D eigenvalue weighted by Crippen LogP contribution is -2.26. The quantitative estimate of drug-likeness (QED) is 0.894. The lowest BCUT2D eigenvalue weighted by molar-refractivity contribution is 0.459. The molecule has 0 saturated carbocycles. The lowest BCUT2D eigenvalue weighted by Gasteiger charge is -2.27. The first kappa shape index (κ1) is 14.7. The second kappa shape index (κ2) is 7.16. The van der Waals surface area contributed by atoms with Crippen molar-refractivity contribution in [3.05, 3.63) is 28.8 Å². The van der Waals surface area contributed by atoms with E-state index in [-0.39, 0.29) is 0 Å². The van der Waals surface area contributed by atoms with Crippen LogP contribution in [0, 0.1) is 5.92 Å². The Hall–Kier alpha value is -0.730. The van der Waals surface area contributed by atoms with Crippen LogP contribution >= 0.6 is 11.6 Å². The largest absolute Gasteiger partial charge is 0.370 e. The highest BCUT2D eigenvalue weighted by atomic mass is 35.5. The number of nitrogens with zero attached hydrogens (tertiary/aromatic N) is 1. The van der Waals surface area contributed by atoms with Crippen molar-refractivity contribution in [2.75, 3.05) is 25.0 Å². The van der Waals surface area contributed by atoms with Gasteiger partial charge in [0, 0.05) is 19.6 Å². The third-order valence-electron chi connectivity index (χ3n) is 4.18. The van der Waals surface area contributed by atoms with Crippen molar-refractivity contribution in [2.24, 2.45) is 5.92 Å². The third-order valence-corrected chi connectivity index (χ3v) is 4.48. The maximum absolute atomic E-state index is 6.45. The van der Waals surface area contributed by atoms with Gasteiger partial charge in [-0.1, -0.05) is 37.1 Å². The minimum atomic E-state index is 0.879. The van der Waals surface area contributed by atoms with E-state index in [0.29, 0.717) is 0 Å². The smallest absolute Gasteiger partial charge is 0.0642 e. The first-order valence-electron chi connectivity index (χ1n) is 7.43. The fourth-order valence-electron chi connectivity index (χ4n) is 3.04. The van der Waals surface area contributed by atoms with Crippen LogP contribution in [0.25, 0.3) is 0 Å². The molecular formula is C16H25ClN2. The molecule has 0 aliphatic carbocycles. The zero-order valence-corrected chi connectivity index (χ0v) is 12.8. The van der Waals surface area contributed by atoms with Gasteiger partial charge >= 0.3 is 0 Å². The minimum absolute atomic E-state index is 0.879. The van der Waals surface area contributed by atoms with Gasteiger partial charge in [0.1, 0.15) is 0 Å². The van der Waals surface area contributed by atoms with Crippen molar-refractivity contribution >= 4 is 17.3 Å². The highest BCUT2D eigenvalue weighted by molar-refractivity contribution is 6.33. The summed E-state index contributed by atoms with van der Waals surface area (Å²) in [6.45, 7) is 5.46. The molecule has 106 valence electrons. The van der Waals surface area contributed by atoms with Gasteiger partial charge in [-0.15, -0.1) is 0 Å². The van der Waals surface area contributed by atoms with Crippen LogP contribution in [0.4, 0.5) is 5.69 Å². The average Bonchev–Trinajstić information content (AvgIpc) is 2.64. The molecule has 0 amide bonds. The summed E-state index contributed by atoms with van der Waals surface area (Å²) < 4.78 is 0. The Kier molecular flexibility index (Phi) is 5.53. The third kappa shape index (κ3) is 3.64. The topological polar surface area (TPSA) is 15.3 Å². The van der Waals surface area contributed by atoms with Crippen LogP contribution in [0.1, 0.15) is 38.2 Å². The average molecular weight is 281 g/mol. The maximum Gasteiger partial charge on any atom is 0.0642 e. The first-order chi connectivity index (χ1) is 9.26. The molecule has 1 N–H and O–H groups in total. The van der Waals surface area contributed by atoms with Crippen LogP contribution in [0.2, 0.25) is 5.02 Å². The van der Waals surface area contributed by atoms with Crippen molar-refractivity contribution in [3.8, 4) is 0 Å².